The number of amides is 2. The van der Waals surface area contributed by atoms with Crippen molar-refractivity contribution in [3.8, 4) is 11.3 Å². The van der Waals surface area contributed by atoms with E-state index in [9.17, 15) is 9.59 Å². The number of nitrogens with zero attached hydrogens (tertiary/aromatic N) is 2. The number of ether oxygens (including phenoxy) is 2. The summed E-state index contributed by atoms with van der Waals surface area (Å²) in [6, 6.07) is 8.80. The molecule has 172 valence electrons. The lowest BCUT2D eigenvalue weighted by Gasteiger charge is -2.24. The molecule has 1 aromatic heterocycles. The number of benzene rings is 1. The number of aromatic nitrogens is 1. The van der Waals surface area contributed by atoms with Gasteiger partial charge in [-0.15, -0.1) is 0 Å². The highest BCUT2D eigenvalue weighted by atomic mass is 35.5. The third-order valence-electron chi connectivity index (χ3n) is 5.76. The molecule has 2 aromatic rings. The Morgan fingerprint density at radius 2 is 1.88 bits per heavy atom. The summed E-state index contributed by atoms with van der Waals surface area (Å²) >= 11 is 6.23. The van der Waals surface area contributed by atoms with Gasteiger partial charge in [0.25, 0.3) is 5.91 Å². The molecule has 1 N–H and O–H groups in total. The van der Waals surface area contributed by atoms with Gasteiger partial charge in [-0.05, 0) is 37.8 Å². The summed E-state index contributed by atoms with van der Waals surface area (Å²) < 4.78 is 16.6. The van der Waals surface area contributed by atoms with E-state index in [0.29, 0.717) is 36.0 Å². The van der Waals surface area contributed by atoms with Crippen LogP contribution < -0.4 is 5.32 Å². The van der Waals surface area contributed by atoms with Crippen molar-refractivity contribution in [3.63, 3.8) is 0 Å². The maximum Gasteiger partial charge on any atom is 0.276 e. The fourth-order valence-electron chi connectivity index (χ4n) is 3.99. The first-order valence-corrected chi connectivity index (χ1v) is 11.5. The van der Waals surface area contributed by atoms with Gasteiger partial charge in [0, 0.05) is 50.9 Å². The first-order valence-electron chi connectivity index (χ1n) is 11.1. The lowest BCUT2D eigenvalue weighted by Crippen LogP contribution is -2.40. The molecule has 0 unspecified atom stereocenters. The minimum Gasteiger partial charge on any atom is -0.376 e. The Morgan fingerprint density at radius 3 is 2.59 bits per heavy atom. The third-order valence-corrected chi connectivity index (χ3v) is 6.09. The van der Waals surface area contributed by atoms with Gasteiger partial charge in [0.15, 0.2) is 11.5 Å². The predicted octanol–water partition coefficient (Wildman–Crippen LogP) is 3.30. The molecule has 1 aromatic carbocycles. The molecule has 32 heavy (non-hydrogen) atoms. The van der Waals surface area contributed by atoms with Crippen LogP contribution >= 0.6 is 11.6 Å². The van der Waals surface area contributed by atoms with Crippen LogP contribution in [0.25, 0.3) is 11.3 Å². The molecule has 0 saturated carbocycles. The standard InChI is InChI=1S/C23H28ClN3O5/c24-19-8-2-1-7-18(19)21-13-20(26-32-21)23(29)27(15-17-6-4-12-31-17)10-9-22(28)25-14-16-5-3-11-30-16/h1-2,7-8,13,16-17H,3-6,9-12,14-15H2,(H,25,28)/t16-,17-/m0/s1. The molecular weight excluding hydrogens is 434 g/mol. The number of hydrogen-bond donors (Lipinski definition) is 1. The molecule has 3 heterocycles. The SMILES string of the molecule is O=C(CCN(C[C@@H]1CCCO1)C(=O)c1cc(-c2ccccc2Cl)on1)NC[C@@H]1CCCO1. The van der Waals surface area contributed by atoms with Gasteiger partial charge in [-0.3, -0.25) is 9.59 Å². The Hall–Kier alpha value is -2.42. The highest BCUT2D eigenvalue weighted by Gasteiger charge is 2.26. The van der Waals surface area contributed by atoms with Gasteiger partial charge < -0.3 is 24.2 Å². The minimum absolute atomic E-state index is 0.0381. The van der Waals surface area contributed by atoms with Gasteiger partial charge in [-0.25, -0.2) is 0 Å². The van der Waals surface area contributed by atoms with Crippen molar-refractivity contribution in [2.75, 3.05) is 32.8 Å². The molecule has 0 spiro atoms. The van der Waals surface area contributed by atoms with Crippen LogP contribution in [0.4, 0.5) is 0 Å². The van der Waals surface area contributed by atoms with E-state index in [1.54, 1.807) is 23.1 Å². The van der Waals surface area contributed by atoms with Crippen LogP contribution in [0, 0.1) is 0 Å². The van der Waals surface area contributed by atoms with Gasteiger partial charge in [0.1, 0.15) is 0 Å². The molecule has 0 bridgehead atoms. The average Bonchev–Trinajstić information content (AvgIpc) is 3.58. The molecule has 2 fully saturated rings. The summed E-state index contributed by atoms with van der Waals surface area (Å²) in [7, 11) is 0. The Morgan fingerprint density at radius 1 is 1.12 bits per heavy atom. The second kappa shape index (κ2) is 10.9. The van der Waals surface area contributed by atoms with Crippen molar-refractivity contribution >= 4 is 23.4 Å². The van der Waals surface area contributed by atoms with Crippen molar-refractivity contribution < 1.29 is 23.6 Å². The van der Waals surface area contributed by atoms with E-state index in [0.717, 1.165) is 32.3 Å². The third kappa shape index (κ3) is 5.88. The summed E-state index contributed by atoms with van der Waals surface area (Å²) in [5, 5.41) is 7.38. The summed E-state index contributed by atoms with van der Waals surface area (Å²) in [6.07, 6.45) is 4.08. The first-order chi connectivity index (χ1) is 15.6. The van der Waals surface area contributed by atoms with Crippen molar-refractivity contribution in [2.45, 2.75) is 44.3 Å². The molecule has 9 heteroatoms. The molecule has 0 radical (unpaired) electrons. The fourth-order valence-corrected chi connectivity index (χ4v) is 4.22. The van der Waals surface area contributed by atoms with Gasteiger partial charge in [0.2, 0.25) is 5.91 Å². The van der Waals surface area contributed by atoms with Gasteiger partial charge in [-0.2, -0.15) is 0 Å². The maximum absolute atomic E-state index is 13.2. The molecule has 4 rings (SSSR count). The largest absolute Gasteiger partial charge is 0.376 e. The second-order valence-corrected chi connectivity index (χ2v) is 8.54. The number of carbonyl (C=O) groups is 2. The monoisotopic (exact) mass is 461 g/mol. The summed E-state index contributed by atoms with van der Waals surface area (Å²) in [5.74, 6) is 0.0161. The topological polar surface area (TPSA) is 93.9 Å². The van der Waals surface area contributed by atoms with Crippen LogP contribution in [0.1, 0.15) is 42.6 Å². The zero-order chi connectivity index (χ0) is 22.3. The van der Waals surface area contributed by atoms with Crippen LogP contribution in [0.5, 0.6) is 0 Å². The molecule has 2 aliphatic heterocycles. The van der Waals surface area contributed by atoms with Crippen molar-refractivity contribution in [1.29, 1.82) is 0 Å². The smallest absolute Gasteiger partial charge is 0.276 e. The first kappa shape index (κ1) is 22.8. The second-order valence-electron chi connectivity index (χ2n) is 8.13. The zero-order valence-corrected chi connectivity index (χ0v) is 18.7. The number of nitrogens with one attached hydrogen (secondary N) is 1. The van der Waals surface area contributed by atoms with E-state index in [4.69, 9.17) is 25.6 Å². The summed E-state index contributed by atoms with van der Waals surface area (Å²) in [5.41, 5.74) is 0.845. The average molecular weight is 462 g/mol. The number of carbonyl (C=O) groups excluding carboxylic acids is 2. The van der Waals surface area contributed by atoms with Gasteiger partial charge >= 0.3 is 0 Å². The highest BCUT2D eigenvalue weighted by molar-refractivity contribution is 6.33. The van der Waals surface area contributed by atoms with Crippen LogP contribution in [-0.2, 0) is 14.3 Å². The molecular formula is C23H28ClN3O5. The zero-order valence-electron chi connectivity index (χ0n) is 17.9. The van der Waals surface area contributed by atoms with Crippen LogP contribution in [0.3, 0.4) is 0 Å². The van der Waals surface area contributed by atoms with E-state index >= 15 is 0 Å². The van der Waals surface area contributed by atoms with E-state index in [1.165, 1.54) is 0 Å². The summed E-state index contributed by atoms with van der Waals surface area (Å²) in [6.45, 7) is 2.62. The van der Waals surface area contributed by atoms with Gasteiger partial charge in [0.05, 0.1) is 17.2 Å². The highest BCUT2D eigenvalue weighted by Crippen LogP contribution is 2.28. The fraction of sp³-hybridized carbons (Fsp3) is 0.522. The lowest BCUT2D eigenvalue weighted by molar-refractivity contribution is -0.121. The number of halogens is 1. The normalized spacial score (nSPS) is 20.4. The van der Waals surface area contributed by atoms with E-state index in [2.05, 4.69) is 10.5 Å². The van der Waals surface area contributed by atoms with Crippen LogP contribution in [0.15, 0.2) is 34.9 Å². The van der Waals surface area contributed by atoms with Crippen LogP contribution in [-0.4, -0.2) is 66.9 Å². The Kier molecular flexibility index (Phi) is 7.78. The van der Waals surface area contributed by atoms with Crippen LogP contribution in [0.2, 0.25) is 5.02 Å². The van der Waals surface area contributed by atoms with E-state index < -0.39 is 0 Å². The van der Waals surface area contributed by atoms with Crippen molar-refractivity contribution in [1.82, 2.24) is 15.4 Å². The quantitative estimate of drug-likeness (QED) is 0.615. The predicted molar refractivity (Wildman–Crippen MR) is 118 cm³/mol. The molecule has 2 saturated heterocycles. The molecule has 8 nitrogen and oxygen atoms in total. The Labute approximate surface area is 192 Å². The minimum atomic E-state index is -0.297. The molecule has 2 aliphatic rings. The number of hydrogen-bond acceptors (Lipinski definition) is 6. The maximum atomic E-state index is 13.2. The van der Waals surface area contributed by atoms with Gasteiger partial charge in [-0.1, -0.05) is 28.9 Å². The van der Waals surface area contributed by atoms with Crippen molar-refractivity contribution in [3.05, 3.63) is 41.0 Å². The van der Waals surface area contributed by atoms with E-state index in [-0.39, 0.29) is 42.7 Å². The Bertz CT molecular complexity index is 922. The molecule has 2 atom stereocenters. The van der Waals surface area contributed by atoms with Crippen molar-refractivity contribution in [2.24, 2.45) is 0 Å². The lowest BCUT2D eigenvalue weighted by atomic mass is 10.1. The molecule has 2 amide bonds. The number of rotatable bonds is 9. The Balaban J connectivity index is 1.39. The summed E-state index contributed by atoms with van der Waals surface area (Å²) in [4.78, 5) is 27.2. The van der Waals surface area contributed by atoms with E-state index in [1.807, 2.05) is 12.1 Å². The molecule has 0 aliphatic carbocycles.